The molecule has 2 aliphatic rings. The quantitative estimate of drug-likeness (QED) is 0.161. The number of carbonyl (C=O) groups excluding carboxylic acids is 1. The number of halogens is 3. The molecule has 1 aliphatic heterocycles. The van der Waals surface area contributed by atoms with Gasteiger partial charge in [0.15, 0.2) is 0 Å². The first-order valence-corrected chi connectivity index (χ1v) is 15.3. The summed E-state index contributed by atoms with van der Waals surface area (Å²) in [6.07, 6.45) is 23.5. The number of allylic oxidation sites excluding steroid dienone is 4. The van der Waals surface area contributed by atoms with Gasteiger partial charge in [-0.3, -0.25) is 10.2 Å². The van der Waals surface area contributed by atoms with Crippen LogP contribution in [0.25, 0.3) is 0 Å². The molecule has 1 aliphatic carbocycles. The van der Waals surface area contributed by atoms with E-state index in [-0.39, 0.29) is 5.71 Å². The maximum absolute atomic E-state index is 12.1. The first-order valence-electron chi connectivity index (χ1n) is 14.1. The van der Waals surface area contributed by atoms with Crippen molar-refractivity contribution >= 4 is 52.1 Å². The highest BCUT2D eigenvalue weighted by Crippen LogP contribution is 2.45. The molecule has 208 valence electrons. The molecule has 0 saturated heterocycles. The van der Waals surface area contributed by atoms with E-state index in [1.54, 1.807) is 12.1 Å². The molecule has 8 heteroatoms. The molecule has 0 aromatic heterocycles. The second kappa shape index (κ2) is 15.7. The first-order chi connectivity index (χ1) is 18.4. The summed E-state index contributed by atoms with van der Waals surface area (Å²) in [5, 5.41) is 17.3. The van der Waals surface area contributed by atoms with Gasteiger partial charge in [0.25, 0.3) is 5.91 Å². The lowest BCUT2D eigenvalue weighted by atomic mass is 9.69. The van der Waals surface area contributed by atoms with E-state index >= 15 is 0 Å². The van der Waals surface area contributed by atoms with Crippen LogP contribution in [0.3, 0.4) is 0 Å². The number of hydrogen-bond acceptors (Lipinski definition) is 4. The highest BCUT2D eigenvalue weighted by Gasteiger charge is 2.46. The molecule has 1 heterocycles. The van der Waals surface area contributed by atoms with Crippen molar-refractivity contribution in [2.45, 2.75) is 102 Å². The van der Waals surface area contributed by atoms with Gasteiger partial charge in [-0.05, 0) is 24.6 Å². The summed E-state index contributed by atoms with van der Waals surface area (Å²) < 4.78 is 0. The number of carbonyl (C=O) groups is 1. The van der Waals surface area contributed by atoms with Crippen LogP contribution in [0.2, 0.25) is 15.1 Å². The van der Waals surface area contributed by atoms with E-state index in [1.807, 2.05) is 18.2 Å². The van der Waals surface area contributed by atoms with Crippen molar-refractivity contribution in [3.63, 3.8) is 0 Å². The van der Waals surface area contributed by atoms with Gasteiger partial charge in [0.1, 0.15) is 11.4 Å². The number of unbranched alkanes of at least 4 members (excludes halogenated alkanes) is 12. The molecule has 0 fully saturated rings. The summed E-state index contributed by atoms with van der Waals surface area (Å²) in [7, 11) is 0. The fourth-order valence-corrected chi connectivity index (χ4v) is 6.48. The standard InChI is InChI=1S/C30H41Cl3N4O/c1-2-3-4-5-6-7-8-9-10-11-12-13-14-18-35-23-16-15-17-30(21-23,28-27(34)29(38)37-36-28)26-24(32)19-22(31)20-25(26)33/h15-17,19-20,35H,2-14,18,21H2,1H3,(H2,34,37,38). The van der Waals surface area contributed by atoms with E-state index in [0.29, 0.717) is 32.8 Å². The van der Waals surface area contributed by atoms with E-state index in [2.05, 4.69) is 22.8 Å². The number of nitrogens with one attached hydrogen (secondary N) is 3. The predicted molar refractivity (Wildman–Crippen MR) is 162 cm³/mol. The average molecular weight is 580 g/mol. The SMILES string of the molecule is CCCCCCCCCCCCCCCNC1=CC=CC(C2=NNC(=O)C2=N)(c2c(Cl)cc(Cl)cc2Cl)C1. The molecule has 5 nitrogen and oxygen atoms in total. The molecule has 1 aromatic carbocycles. The molecule has 1 amide bonds. The van der Waals surface area contributed by atoms with Crippen LogP contribution in [0.5, 0.6) is 0 Å². The minimum atomic E-state index is -0.956. The van der Waals surface area contributed by atoms with Crippen LogP contribution in [0, 0.1) is 5.41 Å². The zero-order valence-corrected chi connectivity index (χ0v) is 24.8. The van der Waals surface area contributed by atoms with Crippen LogP contribution < -0.4 is 10.7 Å². The first kappa shape index (κ1) is 30.7. The lowest BCUT2D eigenvalue weighted by molar-refractivity contribution is -0.114. The summed E-state index contributed by atoms with van der Waals surface area (Å²) in [6.45, 7) is 3.12. The largest absolute Gasteiger partial charge is 0.388 e. The topological polar surface area (TPSA) is 77.3 Å². The van der Waals surface area contributed by atoms with Crippen molar-refractivity contribution in [3.8, 4) is 0 Å². The number of amides is 1. The molecule has 0 radical (unpaired) electrons. The van der Waals surface area contributed by atoms with E-state index in [0.717, 1.165) is 18.7 Å². The van der Waals surface area contributed by atoms with Gasteiger partial charge >= 0.3 is 0 Å². The Morgan fingerprint density at radius 2 is 1.47 bits per heavy atom. The molecule has 38 heavy (non-hydrogen) atoms. The van der Waals surface area contributed by atoms with Crippen LogP contribution in [0.15, 0.2) is 41.2 Å². The third-order valence-electron chi connectivity index (χ3n) is 7.39. The third-order valence-corrected chi connectivity index (χ3v) is 8.20. The molecule has 0 bridgehead atoms. The summed E-state index contributed by atoms with van der Waals surface area (Å²) in [6, 6.07) is 3.26. The van der Waals surface area contributed by atoms with Crippen molar-refractivity contribution in [1.29, 1.82) is 5.41 Å². The van der Waals surface area contributed by atoms with Crippen LogP contribution in [0.4, 0.5) is 0 Å². The zero-order valence-electron chi connectivity index (χ0n) is 22.5. The van der Waals surface area contributed by atoms with Crippen LogP contribution in [0.1, 0.15) is 102 Å². The summed E-state index contributed by atoms with van der Waals surface area (Å²) in [5.41, 5.74) is 3.16. The molecule has 3 N–H and O–H groups in total. The van der Waals surface area contributed by atoms with Crippen molar-refractivity contribution in [2.75, 3.05) is 6.54 Å². The van der Waals surface area contributed by atoms with Gasteiger partial charge in [0.2, 0.25) is 0 Å². The Labute approximate surface area is 243 Å². The van der Waals surface area contributed by atoms with Crippen molar-refractivity contribution in [1.82, 2.24) is 10.7 Å². The molecule has 3 rings (SSSR count). The van der Waals surface area contributed by atoms with E-state index in [9.17, 15) is 4.79 Å². The van der Waals surface area contributed by atoms with E-state index < -0.39 is 11.3 Å². The minimum Gasteiger partial charge on any atom is -0.388 e. The van der Waals surface area contributed by atoms with Gasteiger partial charge in [-0.2, -0.15) is 5.10 Å². The number of hydrazone groups is 1. The Balaban J connectivity index is 1.47. The van der Waals surface area contributed by atoms with Crippen LogP contribution in [-0.2, 0) is 10.2 Å². The Kier molecular flexibility index (Phi) is 12.7. The Morgan fingerprint density at radius 3 is 2.00 bits per heavy atom. The lowest BCUT2D eigenvalue weighted by Crippen LogP contribution is -2.42. The van der Waals surface area contributed by atoms with Crippen molar-refractivity contribution in [2.24, 2.45) is 5.10 Å². The monoisotopic (exact) mass is 578 g/mol. The predicted octanol–water partition coefficient (Wildman–Crippen LogP) is 8.91. The molecule has 1 unspecified atom stereocenters. The number of rotatable bonds is 17. The van der Waals surface area contributed by atoms with Gasteiger partial charge in [-0.25, -0.2) is 5.43 Å². The smallest absolute Gasteiger partial charge is 0.291 e. The average Bonchev–Trinajstić information content (AvgIpc) is 3.22. The summed E-state index contributed by atoms with van der Waals surface area (Å²) >= 11 is 19.4. The number of benzene rings is 1. The third kappa shape index (κ3) is 8.34. The van der Waals surface area contributed by atoms with Crippen LogP contribution >= 0.6 is 34.8 Å². The van der Waals surface area contributed by atoms with Gasteiger partial charge in [0.05, 0.1) is 5.41 Å². The fraction of sp³-hybridized carbons (Fsp3) is 0.567. The Hall–Kier alpha value is -1.82. The van der Waals surface area contributed by atoms with E-state index in [1.165, 1.54) is 77.0 Å². The molecular weight excluding hydrogens is 539 g/mol. The zero-order chi connectivity index (χ0) is 27.4. The molecule has 1 atom stereocenters. The van der Waals surface area contributed by atoms with Gasteiger partial charge in [0, 0.05) is 39.3 Å². The fourth-order valence-electron chi connectivity index (χ4n) is 5.33. The highest BCUT2D eigenvalue weighted by molar-refractivity contribution is 6.69. The maximum atomic E-state index is 12.1. The van der Waals surface area contributed by atoms with Gasteiger partial charge < -0.3 is 5.32 Å². The molecule has 0 saturated carbocycles. The molecule has 1 aromatic rings. The lowest BCUT2D eigenvalue weighted by Gasteiger charge is -2.35. The van der Waals surface area contributed by atoms with E-state index in [4.69, 9.17) is 40.2 Å². The number of nitrogens with zero attached hydrogens (tertiary/aromatic N) is 1. The molecule has 0 spiro atoms. The summed E-state index contributed by atoms with van der Waals surface area (Å²) in [4.78, 5) is 12.1. The Bertz CT molecular complexity index is 1040. The maximum Gasteiger partial charge on any atom is 0.291 e. The van der Waals surface area contributed by atoms with Crippen molar-refractivity contribution < 1.29 is 4.79 Å². The minimum absolute atomic E-state index is 0.186. The number of hydrogen-bond donors (Lipinski definition) is 3. The normalized spacial score (nSPS) is 18.9. The second-order valence-electron chi connectivity index (χ2n) is 10.4. The van der Waals surface area contributed by atoms with Gasteiger partial charge in [-0.15, -0.1) is 0 Å². The summed E-state index contributed by atoms with van der Waals surface area (Å²) in [5.74, 6) is -0.537. The molecular formula is C30H41Cl3N4O. The second-order valence-corrected chi connectivity index (χ2v) is 11.6. The van der Waals surface area contributed by atoms with Gasteiger partial charge in [-0.1, -0.05) is 131 Å². The van der Waals surface area contributed by atoms with Crippen molar-refractivity contribution in [3.05, 3.63) is 56.7 Å². The highest BCUT2D eigenvalue weighted by atomic mass is 35.5. The van der Waals surface area contributed by atoms with Crippen LogP contribution in [-0.4, -0.2) is 23.9 Å². The Morgan fingerprint density at radius 1 is 0.921 bits per heavy atom.